The predicted octanol–water partition coefficient (Wildman–Crippen LogP) is 4.67. The van der Waals surface area contributed by atoms with Gasteiger partial charge >= 0.3 is 0 Å². The first-order chi connectivity index (χ1) is 11.8. The van der Waals surface area contributed by atoms with Crippen LogP contribution in [0, 0.1) is 18.3 Å². The fourth-order valence-electron chi connectivity index (χ4n) is 2.07. The van der Waals surface area contributed by atoms with Gasteiger partial charge in [0.1, 0.15) is 11.6 Å². The summed E-state index contributed by atoms with van der Waals surface area (Å²) >= 11 is 9.14. The monoisotopic (exact) mass is 420 g/mol. The third-order valence-corrected chi connectivity index (χ3v) is 4.23. The molecule has 0 fully saturated rings. The second-order valence-corrected chi connectivity index (χ2v) is 6.43. The van der Waals surface area contributed by atoms with E-state index in [1.165, 1.54) is 19.3 Å². The van der Waals surface area contributed by atoms with E-state index in [-0.39, 0.29) is 17.1 Å². The van der Waals surface area contributed by atoms with Gasteiger partial charge in [0.2, 0.25) is 0 Å². The van der Waals surface area contributed by atoms with Gasteiger partial charge in [-0.15, -0.1) is 0 Å². The lowest BCUT2D eigenvalue weighted by atomic mass is 10.1. The first-order valence-electron chi connectivity index (χ1n) is 7.11. The Hall–Kier alpha value is -2.49. The maximum absolute atomic E-state index is 12.4. The second kappa shape index (κ2) is 8.06. The molecule has 2 aromatic carbocycles. The summed E-state index contributed by atoms with van der Waals surface area (Å²) in [5, 5.41) is 22.3. The van der Waals surface area contributed by atoms with E-state index in [1.54, 1.807) is 24.3 Å². The van der Waals surface area contributed by atoms with Crippen molar-refractivity contribution in [3.05, 3.63) is 56.5 Å². The van der Waals surface area contributed by atoms with Gasteiger partial charge < -0.3 is 15.2 Å². The number of nitriles is 1. The van der Waals surface area contributed by atoms with E-state index in [0.29, 0.717) is 20.7 Å². The summed E-state index contributed by atoms with van der Waals surface area (Å²) < 4.78 is 5.45. The number of benzene rings is 2. The van der Waals surface area contributed by atoms with Gasteiger partial charge in [-0.1, -0.05) is 17.7 Å². The first-order valence-corrected chi connectivity index (χ1v) is 8.28. The maximum Gasteiger partial charge on any atom is 0.266 e. The SMILES string of the molecule is COc1cc(/C=C(\C#N)C(=O)Nc2cc(Cl)ccc2C)cc(Br)c1O. The molecule has 0 aliphatic heterocycles. The van der Waals surface area contributed by atoms with Gasteiger partial charge in [-0.3, -0.25) is 4.79 Å². The molecule has 0 aromatic heterocycles. The number of ether oxygens (including phenoxy) is 1. The number of amides is 1. The van der Waals surface area contributed by atoms with E-state index >= 15 is 0 Å². The van der Waals surface area contributed by atoms with E-state index in [1.807, 2.05) is 13.0 Å². The van der Waals surface area contributed by atoms with Crippen LogP contribution in [-0.2, 0) is 4.79 Å². The molecule has 128 valence electrons. The Labute approximate surface area is 158 Å². The van der Waals surface area contributed by atoms with E-state index in [4.69, 9.17) is 16.3 Å². The molecule has 0 unspecified atom stereocenters. The Morgan fingerprint density at radius 2 is 2.12 bits per heavy atom. The summed E-state index contributed by atoms with van der Waals surface area (Å²) in [4.78, 5) is 12.4. The number of aromatic hydroxyl groups is 1. The Morgan fingerprint density at radius 3 is 2.76 bits per heavy atom. The number of aryl methyl sites for hydroxylation is 1. The lowest BCUT2D eigenvalue weighted by Crippen LogP contribution is -2.14. The van der Waals surface area contributed by atoms with Gasteiger partial charge in [0.25, 0.3) is 5.91 Å². The van der Waals surface area contributed by atoms with Gasteiger partial charge in [-0.25, -0.2) is 0 Å². The average molecular weight is 422 g/mol. The molecule has 7 heteroatoms. The predicted molar refractivity (Wildman–Crippen MR) is 101 cm³/mol. The third-order valence-electron chi connectivity index (χ3n) is 3.39. The Balaban J connectivity index is 2.34. The molecule has 0 heterocycles. The molecule has 0 radical (unpaired) electrons. The highest BCUT2D eigenvalue weighted by Crippen LogP contribution is 2.35. The van der Waals surface area contributed by atoms with Crippen molar-refractivity contribution in [1.82, 2.24) is 0 Å². The van der Waals surface area contributed by atoms with Crippen LogP contribution in [0.25, 0.3) is 6.08 Å². The zero-order chi connectivity index (χ0) is 18.6. The maximum atomic E-state index is 12.4. The van der Waals surface area contributed by atoms with Crippen molar-refractivity contribution < 1.29 is 14.6 Å². The number of nitrogens with zero attached hydrogens (tertiary/aromatic N) is 1. The summed E-state index contributed by atoms with van der Waals surface area (Å²) in [5.41, 5.74) is 1.78. The van der Waals surface area contributed by atoms with Crippen molar-refractivity contribution in [2.75, 3.05) is 12.4 Å². The van der Waals surface area contributed by atoms with Crippen LogP contribution < -0.4 is 10.1 Å². The van der Waals surface area contributed by atoms with Crippen LogP contribution in [0.3, 0.4) is 0 Å². The highest BCUT2D eigenvalue weighted by atomic mass is 79.9. The number of phenols is 1. The minimum Gasteiger partial charge on any atom is -0.503 e. The van der Waals surface area contributed by atoms with Crippen LogP contribution in [-0.4, -0.2) is 18.1 Å². The van der Waals surface area contributed by atoms with Crippen LogP contribution in [0.2, 0.25) is 5.02 Å². The van der Waals surface area contributed by atoms with Crippen molar-refractivity contribution in [3.63, 3.8) is 0 Å². The van der Waals surface area contributed by atoms with Gasteiger partial charge in [0, 0.05) is 10.7 Å². The molecular weight excluding hydrogens is 408 g/mol. The summed E-state index contributed by atoms with van der Waals surface area (Å²) in [5.74, 6) is -0.391. The number of anilines is 1. The molecule has 2 aromatic rings. The van der Waals surface area contributed by atoms with Crippen molar-refractivity contribution >= 4 is 45.2 Å². The number of phenolic OH excluding ortho intramolecular Hbond substituents is 1. The molecule has 0 aliphatic rings. The first kappa shape index (κ1) is 18.8. The summed E-state index contributed by atoms with van der Waals surface area (Å²) in [6.07, 6.45) is 1.40. The van der Waals surface area contributed by atoms with Crippen LogP contribution in [0.5, 0.6) is 11.5 Å². The van der Waals surface area contributed by atoms with E-state index in [9.17, 15) is 15.2 Å². The molecule has 2 N–H and O–H groups in total. The number of nitrogens with one attached hydrogen (secondary N) is 1. The third kappa shape index (κ3) is 4.53. The highest BCUT2D eigenvalue weighted by molar-refractivity contribution is 9.10. The molecule has 5 nitrogen and oxygen atoms in total. The largest absolute Gasteiger partial charge is 0.503 e. The lowest BCUT2D eigenvalue weighted by Gasteiger charge is -2.09. The molecule has 1 amide bonds. The number of hydrogen-bond donors (Lipinski definition) is 2. The minimum atomic E-state index is -0.559. The Kier molecular flexibility index (Phi) is 6.07. The molecule has 2 rings (SSSR count). The summed E-state index contributed by atoms with van der Waals surface area (Å²) in [6, 6.07) is 10.1. The zero-order valence-electron chi connectivity index (χ0n) is 13.4. The zero-order valence-corrected chi connectivity index (χ0v) is 15.8. The summed E-state index contributed by atoms with van der Waals surface area (Å²) in [6.45, 7) is 1.82. The molecule has 0 atom stereocenters. The van der Waals surface area contributed by atoms with Crippen molar-refractivity contribution in [2.24, 2.45) is 0 Å². The van der Waals surface area contributed by atoms with E-state index in [2.05, 4.69) is 21.2 Å². The summed E-state index contributed by atoms with van der Waals surface area (Å²) in [7, 11) is 1.41. The molecule has 0 bridgehead atoms. The molecule has 0 saturated carbocycles. The molecule has 0 aliphatic carbocycles. The number of methoxy groups -OCH3 is 1. The fourth-order valence-corrected chi connectivity index (χ4v) is 2.70. The smallest absolute Gasteiger partial charge is 0.266 e. The standard InChI is InChI=1S/C18H14BrClN2O3/c1-10-3-4-13(20)8-15(10)22-18(24)12(9-21)5-11-6-14(19)17(23)16(7-11)25-2/h3-8,23H,1-2H3,(H,22,24)/b12-5+. The average Bonchev–Trinajstić information content (AvgIpc) is 2.58. The molecule has 25 heavy (non-hydrogen) atoms. The number of hydrogen-bond acceptors (Lipinski definition) is 4. The van der Waals surface area contributed by atoms with Gasteiger partial charge in [-0.2, -0.15) is 5.26 Å². The Bertz CT molecular complexity index is 904. The van der Waals surface area contributed by atoms with Gasteiger partial charge in [-0.05, 0) is 64.3 Å². The van der Waals surface area contributed by atoms with Crippen LogP contribution in [0.1, 0.15) is 11.1 Å². The minimum absolute atomic E-state index is 0.0582. The second-order valence-electron chi connectivity index (χ2n) is 5.14. The van der Waals surface area contributed by atoms with Crippen molar-refractivity contribution in [1.29, 1.82) is 5.26 Å². The lowest BCUT2D eigenvalue weighted by molar-refractivity contribution is -0.112. The van der Waals surface area contributed by atoms with Crippen molar-refractivity contribution in [3.8, 4) is 17.6 Å². The molecule has 0 spiro atoms. The van der Waals surface area contributed by atoms with Crippen LogP contribution >= 0.6 is 27.5 Å². The Morgan fingerprint density at radius 1 is 1.40 bits per heavy atom. The van der Waals surface area contributed by atoms with E-state index < -0.39 is 5.91 Å². The molecular formula is C18H14BrClN2O3. The van der Waals surface area contributed by atoms with Crippen molar-refractivity contribution in [2.45, 2.75) is 6.92 Å². The topological polar surface area (TPSA) is 82.3 Å². The number of rotatable bonds is 4. The fraction of sp³-hybridized carbons (Fsp3) is 0.111. The number of carbonyl (C=O) groups is 1. The number of carbonyl (C=O) groups excluding carboxylic acids is 1. The van der Waals surface area contributed by atoms with Gasteiger partial charge in [0.15, 0.2) is 11.5 Å². The molecule has 0 saturated heterocycles. The number of halogens is 2. The van der Waals surface area contributed by atoms with Gasteiger partial charge in [0.05, 0.1) is 11.6 Å². The normalized spacial score (nSPS) is 10.9. The highest BCUT2D eigenvalue weighted by Gasteiger charge is 2.13. The van der Waals surface area contributed by atoms with Crippen LogP contribution in [0.4, 0.5) is 5.69 Å². The quantitative estimate of drug-likeness (QED) is 0.555. The van der Waals surface area contributed by atoms with E-state index in [0.717, 1.165) is 5.56 Å². The van der Waals surface area contributed by atoms with Crippen LogP contribution in [0.15, 0.2) is 40.4 Å².